The third-order valence-corrected chi connectivity index (χ3v) is 3.94. The van der Waals surface area contributed by atoms with Crippen LogP contribution in [0.2, 0.25) is 0 Å². The van der Waals surface area contributed by atoms with Crippen molar-refractivity contribution in [3.8, 4) is 0 Å². The van der Waals surface area contributed by atoms with Gasteiger partial charge in [0, 0.05) is 19.3 Å². The van der Waals surface area contributed by atoms with E-state index in [0.717, 1.165) is 6.42 Å². The van der Waals surface area contributed by atoms with Crippen molar-refractivity contribution in [3.63, 3.8) is 0 Å². The summed E-state index contributed by atoms with van der Waals surface area (Å²) in [6.07, 6.45) is 2.03. The van der Waals surface area contributed by atoms with Crippen molar-refractivity contribution >= 4 is 15.8 Å². The lowest BCUT2D eigenvalue weighted by atomic mass is 10.2. The van der Waals surface area contributed by atoms with Crippen molar-refractivity contribution in [3.05, 3.63) is 6.20 Å². The van der Waals surface area contributed by atoms with Crippen molar-refractivity contribution in [1.82, 2.24) is 14.5 Å². The van der Waals surface area contributed by atoms with Crippen LogP contribution >= 0.6 is 0 Å². The molecule has 4 N–H and O–H groups in total. The van der Waals surface area contributed by atoms with Crippen molar-refractivity contribution in [2.75, 3.05) is 12.3 Å². The molecule has 18 heavy (non-hydrogen) atoms. The quantitative estimate of drug-likeness (QED) is 0.645. The van der Waals surface area contributed by atoms with E-state index in [4.69, 9.17) is 5.73 Å². The van der Waals surface area contributed by atoms with Crippen LogP contribution in [0.1, 0.15) is 26.7 Å². The van der Waals surface area contributed by atoms with E-state index in [-0.39, 0.29) is 17.3 Å². The van der Waals surface area contributed by atoms with E-state index in [0.29, 0.717) is 13.0 Å². The number of nitrogens with one attached hydrogen (secondary N) is 1. The zero-order valence-corrected chi connectivity index (χ0v) is 11.4. The monoisotopic (exact) mass is 276 g/mol. The topological polar surface area (TPSA) is 110 Å². The Morgan fingerprint density at radius 2 is 2.22 bits per heavy atom. The Hall–Kier alpha value is -1.12. The highest BCUT2D eigenvalue weighted by atomic mass is 32.2. The number of aromatic nitrogens is 2. The first-order valence-electron chi connectivity index (χ1n) is 5.91. The molecule has 1 aromatic heterocycles. The van der Waals surface area contributed by atoms with Crippen molar-refractivity contribution < 1.29 is 13.5 Å². The van der Waals surface area contributed by atoms with Crippen LogP contribution in [0.4, 0.5) is 5.82 Å². The van der Waals surface area contributed by atoms with Crippen molar-refractivity contribution in [1.29, 1.82) is 0 Å². The molecule has 0 saturated heterocycles. The molecule has 7 nitrogen and oxygen atoms in total. The highest BCUT2D eigenvalue weighted by Gasteiger charge is 2.21. The second kappa shape index (κ2) is 6.17. The Morgan fingerprint density at radius 1 is 1.56 bits per heavy atom. The van der Waals surface area contributed by atoms with Crippen LogP contribution in [0.5, 0.6) is 0 Å². The number of nitrogen functional groups attached to an aromatic ring is 1. The van der Waals surface area contributed by atoms with Crippen LogP contribution in [0.15, 0.2) is 11.1 Å². The molecular formula is C10H20N4O3S. The minimum Gasteiger partial charge on any atom is -0.392 e. The van der Waals surface area contributed by atoms with Gasteiger partial charge >= 0.3 is 0 Å². The van der Waals surface area contributed by atoms with Gasteiger partial charge in [-0.15, -0.1) is 0 Å². The third kappa shape index (κ3) is 3.69. The molecule has 1 unspecified atom stereocenters. The number of hydrogen-bond donors (Lipinski definition) is 3. The lowest BCUT2D eigenvalue weighted by molar-refractivity contribution is 0.167. The molecule has 0 aliphatic heterocycles. The molecule has 0 fully saturated rings. The summed E-state index contributed by atoms with van der Waals surface area (Å²) in [7, 11) is -3.71. The molecule has 8 heteroatoms. The van der Waals surface area contributed by atoms with E-state index in [2.05, 4.69) is 9.82 Å². The van der Waals surface area contributed by atoms with Gasteiger partial charge in [-0.3, -0.25) is 4.68 Å². The lowest BCUT2D eigenvalue weighted by Crippen LogP contribution is -2.32. The van der Waals surface area contributed by atoms with E-state index in [1.165, 1.54) is 10.9 Å². The van der Waals surface area contributed by atoms with Crippen LogP contribution in [0.25, 0.3) is 0 Å². The number of rotatable bonds is 7. The highest BCUT2D eigenvalue weighted by Crippen LogP contribution is 2.15. The Bertz CT molecular complexity index is 483. The predicted octanol–water partition coefficient (Wildman–Crippen LogP) is -0.0755. The molecule has 0 amide bonds. The number of aliphatic hydroxyl groups is 1. The van der Waals surface area contributed by atoms with Gasteiger partial charge in [-0.1, -0.05) is 13.3 Å². The fourth-order valence-corrected chi connectivity index (χ4v) is 2.65. The van der Waals surface area contributed by atoms with Gasteiger partial charge in [-0.2, -0.15) is 5.10 Å². The molecule has 1 aromatic rings. The van der Waals surface area contributed by atoms with Crippen molar-refractivity contribution in [2.45, 2.75) is 44.2 Å². The number of aryl methyl sites for hydroxylation is 1. The van der Waals surface area contributed by atoms with Crippen LogP contribution in [-0.2, 0) is 16.6 Å². The summed E-state index contributed by atoms with van der Waals surface area (Å²) in [5, 5.41) is 13.4. The highest BCUT2D eigenvalue weighted by molar-refractivity contribution is 7.89. The molecule has 0 spiro atoms. The van der Waals surface area contributed by atoms with E-state index in [9.17, 15) is 13.5 Å². The van der Waals surface area contributed by atoms with E-state index in [1.807, 2.05) is 13.8 Å². The fraction of sp³-hybridized carbons (Fsp3) is 0.700. The molecule has 1 atom stereocenters. The predicted molar refractivity (Wildman–Crippen MR) is 68.4 cm³/mol. The normalized spacial score (nSPS) is 13.7. The number of sulfonamides is 1. The van der Waals surface area contributed by atoms with E-state index >= 15 is 0 Å². The number of hydrogen-bond acceptors (Lipinski definition) is 5. The summed E-state index contributed by atoms with van der Waals surface area (Å²) >= 11 is 0. The zero-order chi connectivity index (χ0) is 13.8. The van der Waals surface area contributed by atoms with Gasteiger partial charge in [0.05, 0.1) is 6.10 Å². The fourth-order valence-electron chi connectivity index (χ4n) is 1.51. The van der Waals surface area contributed by atoms with Gasteiger partial charge < -0.3 is 10.8 Å². The smallest absolute Gasteiger partial charge is 0.245 e. The van der Waals surface area contributed by atoms with Crippen molar-refractivity contribution in [2.24, 2.45) is 0 Å². The summed E-state index contributed by atoms with van der Waals surface area (Å²) in [5.74, 6) is -0.0330. The molecule has 0 aliphatic rings. The summed E-state index contributed by atoms with van der Waals surface area (Å²) in [4.78, 5) is -0.0481. The third-order valence-electron chi connectivity index (χ3n) is 2.50. The molecule has 0 radical (unpaired) electrons. The molecule has 0 aromatic carbocycles. The standard InChI is InChI=1S/C10H20N4O3S/c1-3-5-8(15)6-12-18(16,17)9-7-14(4-2)13-10(9)11/h7-8,12,15H,3-6H2,1-2H3,(H2,11,13). The van der Waals surface area contributed by atoms with Gasteiger partial charge in [0.2, 0.25) is 10.0 Å². The van der Waals surface area contributed by atoms with Gasteiger partial charge in [0.15, 0.2) is 5.82 Å². The first kappa shape index (κ1) is 14.9. The molecule has 1 heterocycles. The first-order valence-corrected chi connectivity index (χ1v) is 7.39. The Kier molecular flexibility index (Phi) is 5.12. The Labute approximate surface area is 107 Å². The van der Waals surface area contributed by atoms with Gasteiger partial charge in [0.25, 0.3) is 0 Å². The van der Waals surface area contributed by atoms with Gasteiger partial charge in [-0.25, -0.2) is 13.1 Å². The maximum absolute atomic E-state index is 11.9. The van der Waals surface area contributed by atoms with Gasteiger partial charge in [-0.05, 0) is 13.3 Å². The molecule has 0 aliphatic carbocycles. The molecule has 0 bridgehead atoms. The number of anilines is 1. The minimum atomic E-state index is -3.71. The molecule has 1 rings (SSSR count). The number of aliphatic hydroxyl groups excluding tert-OH is 1. The SMILES string of the molecule is CCCC(O)CNS(=O)(=O)c1cn(CC)nc1N. The first-order chi connectivity index (χ1) is 8.40. The lowest BCUT2D eigenvalue weighted by Gasteiger charge is -2.10. The Balaban J connectivity index is 2.76. The summed E-state index contributed by atoms with van der Waals surface area (Å²) in [5.41, 5.74) is 5.55. The number of nitrogens with zero attached hydrogens (tertiary/aromatic N) is 2. The second-order valence-corrected chi connectivity index (χ2v) is 5.76. The molecule has 104 valence electrons. The largest absolute Gasteiger partial charge is 0.392 e. The average Bonchev–Trinajstić information content (AvgIpc) is 2.69. The van der Waals surface area contributed by atoms with Gasteiger partial charge in [0.1, 0.15) is 4.90 Å². The van der Waals surface area contributed by atoms with Crippen LogP contribution in [0, 0.1) is 0 Å². The molecule has 0 saturated carbocycles. The summed E-state index contributed by atoms with van der Waals surface area (Å²) in [6, 6.07) is 0. The average molecular weight is 276 g/mol. The van der Waals surface area contributed by atoms with Crippen LogP contribution in [0.3, 0.4) is 0 Å². The number of nitrogens with two attached hydrogens (primary N) is 1. The van der Waals surface area contributed by atoms with E-state index in [1.54, 1.807) is 0 Å². The second-order valence-electron chi connectivity index (χ2n) is 4.03. The maximum atomic E-state index is 11.9. The molecular weight excluding hydrogens is 256 g/mol. The zero-order valence-electron chi connectivity index (χ0n) is 10.6. The minimum absolute atomic E-state index is 0.0209. The van der Waals surface area contributed by atoms with Crippen LogP contribution in [-0.4, -0.2) is 36.0 Å². The maximum Gasteiger partial charge on any atom is 0.245 e. The summed E-state index contributed by atoms with van der Waals surface area (Å²) < 4.78 is 27.6. The van der Waals surface area contributed by atoms with Crippen LogP contribution < -0.4 is 10.5 Å². The Morgan fingerprint density at radius 3 is 2.72 bits per heavy atom. The summed E-state index contributed by atoms with van der Waals surface area (Å²) in [6.45, 7) is 4.27. The van der Waals surface area contributed by atoms with E-state index < -0.39 is 16.1 Å².